The summed E-state index contributed by atoms with van der Waals surface area (Å²) in [6.45, 7) is 9.07. The number of nitrogens with one attached hydrogen (secondary N) is 1. The number of carbonyl (C=O) groups excluding carboxylic acids is 2. The molecule has 0 radical (unpaired) electrons. The highest BCUT2D eigenvalue weighted by atomic mass is 19.4. The van der Waals surface area contributed by atoms with Crippen molar-refractivity contribution in [2.75, 3.05) is 7.05 Å². The Morgan fingerprint density at radius 1 is 1.09 bits per heavy atom. The molecule has 1 saturated heterocycles. The molecule has 0 aromatic rings. The van der Waals surface area contributed by atoms with Crippen LogP contribution in [0.15, 0.2) is 12.2 Å². The van der Waals surface area contributed by atoms with Gasteiger partial charge in [0.2, 0.25) is 11.8 Å². The molecule has 32 heavy (non-hydrogen) atoms. The van der Waals surface area contributed by atoms with Crippen LogP contribution in [0.4, 0.5) is 13.2 Å². The number of likely N-dealkylation sites (tertiary alicyclic amines) is 1. The van der Waals surface area contributed by atoms with Crippen molar-refractivity contribution in [2.24, 2.45) is 34.5 Å². The van der Waals surface area contributed by atoms with E-state index in [2.05, 4.69) is 25.7 Å². The van der Waals surface area contributed by atoms with Crippen molar-refractivity contribution >= 4 is 11.8 Å². The van der Waals surface area contributed by atoms with Crippen molar-refractivity contribution in [3.63, 3.8) is 0 Å². The van der Waals surface area contributed by atoms with E-state index < -0.39 is 17.8 Å². The van der Waals surface area contributed by atoms with Gasteiger partial charge in [-0.3, -0.25) is 9.59 Å². The molecule has 3 aliphatic carbocycles. The van der Waals surface area contributed by atoms with Crippen molar-refractivity contribution in [1.29, 1.82) is 0 Å². The van der Waals surface area contributed by atoms with Crippen molar-refractivity contribution < 1.29 is 22.8 Å². The van der Waals surface area contributed by atoms with Gasteiger partial charge in [0.05, 0.1) is 6.04 Å². The van der Waals surface area contributed by atoms with E-state index in [4.69, 9.17) is 0 Å². The van der Waals surface area contributed by atoms with E-state index in [1.165, 1.54) is 6.92 Å². The minimum absolute atomic E-state index is 0.117. The summed E-state index contributed by atoms with van der Waals surface area (Å²) in [6, 6.07) is -0.824. The van der Waals surface area contributed by atoms with E-state index in [9.17, 15) is 22.8 Å². The van der Waals surface area contributed by atoms with Gasteiger partial charge >= 0.3 is 6.18 Å². The van der Waals surface area contributed by atoms with Crippen LogP contribution < -0.4 is 5.32 Å². The highest BCUT2D eigenvalue weighted by Gasteiger charge is 2.62. The van der Waals surface area contributed by atoms with Crippen molar-refractivity contribution in [3.05, 3.63) is 12.2 Å². The van der Waals surface area contributed by atoms with Gasteiger partial charge in [0, 0.05) is 31.0 Å². The minimum Gasteiger partial charge on any atom is -0.349 e. The van der Waals surface area contributed by atoms with Crippen LogP contribution in [0, 0.1) is 34.5 Å². The number of rotatable bonds is 3. The Labute approximate surface area is 189 Å². The maximum Gasteiger partial charge on any atom is 0.414 e. The maximum absolute atomic E-state index is 13.1. The number of fused-ring (bicyclic) bond motifs is 5. The third-order valence-corrected chi connectivity index (χ3v) is 10.1. The Morgan fingerprint density at radius 3 is 2.41 bits per heavy atom. The molecular formula is C25H37F3N2O2. The van der Waals surface area contributed by atoms with Crippen molar-refractivity contribution in [3.8, 4) is 0 Å². The van der Waals surface area contributed by atoms with Gasteiger partial charge in [-0.25, -0.2) is 0 Å². The van der Waals surface area contributed by atoms with Crippen LogP contribution in [-0.4, -0.2) is 42.0 Å². The van der Waals surface area contributed by atoms with Crippen LogP contribution in [-0.2, 0) is 9.59 Å². The fourth-order valence-electron chi connectivity index (χ4n) is 8.23. The molecule has 7 heteroatoms. The normalized spacial score (nSPS) is 42.5. The largest absolute Gasteiger partial charge is 0.414 e. The van der Waals surface area contributed by atoms with Gasteiger partial charge in [-0.15, -0.1) is 0 Å². The lowest BCUT2D eigenvalue weighted by Crippen LogP contribution is -2.61. The second-order valence-electron chi connectivity index (χ2n) is 11.4. The highest BCUT2D eigenvalue weighted by Crippen LogP contribution is 2.66. The molecule has 4 nitrogen and oxygen atoms in total. The van der Waals surface area contributed by atoms with E-state index in [0.717, 1.165) is 44.9 Å². The number of piperidine rings is 1. The van der Waals surface area contributed by atoms with Gasteiger partial charge in [0.1, 0.15) is 0 Å². The summed E-state index contributed by atoms with van der Waals surface area (Å²) in [5.74, 6) is 1.22. The third-order valence-electron chi connectivity index (χ3n) is 10.1. The maximum atomic E-state index is 13.1. The summed E-state index contributed by atoms with van der Waals surface area (Å²) in [6.07, 6.45) is 2.76. The fraction of sp³-hybridized carbons (Fsp3) is 0.840. The number of nitrogens with zero attached hydrogens (tertiary/aromatic N) is 1. The van der Waals surface area contributed by atoms with Gasteiger partial charge in [-0.05, 0) is 80.5 Å². The van der Waals surface area contributed by atoms with E-state index in [0.29, 0.717) is 30.2 Å². The molecule has 4 fully saturated rings. The Balaban J connectivity index is 1.50. The van der Waals surface area contributed by atoms with E-state index >= 15 is 0 Å². The first-order valence-corrected chi connectivity index (χ1v) is 12.1. The summed E-state index contributed by atoms with van der Waals surface area (Å²) < 4.78 is 39.0. The summed E-state index contributed by atoms with van der Waals surface area (Å²) >= 11 is 0. The standard InChI is InChI=1S/C25H37F3N2O2/c1-14(25(26,27)28)15(2)29-22(32)19-8-7-17-16-6-9-20-24(4,13-11-21(31)30(20)5)18(16)10-12-23(17,19)3/h15-20H,1,6-13H2,2-5H3,(H,29,32)/t15?,16-,17-,18-,19+,20+,23-,24+/m0/s1. The second-order valence-corrected chi connectivity index (χ2v) is 11.4. The molecule has 1 unspecified atom stereocenters. The van der Waals surface area contributed by atoms with Crippen LogP contribution in [0.1, 0.15) is 72.1 Å². The Kier molecular flexibility index (Phi) is 5.73. The molecule has 1 N–H and O–H groups in total. The SMILES string of the molecule is C=C(C(C)NC(=O)[C@H]1CC[C@H]2[C@@H]3CC[C@H]4N(C)C(=O)CC[C@]4(C)[C@H]3CC[C@]12C)C(F)(F)F. The molecule has 3 saturated carbocycles. The quantitative estimate of drug-likeness (QED) is 0.604. The topological polar surface area (TPSA) is 49.4 Å². The van der Waals surface area contributed by atoms with Crippen LogP contribution >= 0.6 is 0 Å². The third kappa shape index (κ3) is 3.49. The van der Waals surface area contributed by atoms with Gasteiger partial charge in [-0.2, -0.15) is 13.2 Å². The Morgan fingerprint density at radius 2 is 1.75 bits per heavy atom. The molecule has 0 aromatic carbocycles. The van der Waals surface area contributed by atoms with Gasteiger partial charge in [0.15, 0.2) is 0 Å². The number of alkyl halides is 3. The molecule has 8 atom stereocenters. The molecule has 0 spiro atoms. The summed E-state index contributed by atoms with van der Waals surface area (Å²) in [5.41, 5.74) is -0.965. The first-order chi connectivity index (χ1) is 14.8. The smallest absolute Gasteiger partial charge is 0.349 e. The monoisotopic (exact) mass is 454 g/mol. The zero-order valence-electron chi connectivity index (χ0n) is 19.7. The molecule has 1 aliphatic heterocycles. The number of carbonyl (C=O) groups is 2. The second kappa shape index (κ2) is 7.76. The first kappa shape index (κ1) is 23.6. The lowest BCUT2D eigenvalue weighted by Gasteiger charge is -2.61. The summed E-state index contributed by atoms with van der Waals surface area (Å²) in [7, 11) is 1.95. The number of hydrogen-bond acceptors (Lipinski definition) is 2. The average molecular weight is 455 g/mol. The van der Waals surface area contributed by atoms with E-state index in [1.807, 2.05) is 11.9 Å². The molecule has 1 heterocycles. The summed E-state index contributed by atoms with van der Waals surface area (Å²) in [5, 5.41) is 2.62. The molecule has 2 amide bonds. The van der Waals surface area contributed by atoms with Gasteiger partial charge in [-0.1, -0.05) is 20.4 Å². The predicted molar refractivity (Wildman–Crippen MR) is 116 cm³/mol. The van der Waals surface area contributed by atoms with Crippen LogP contribution in [0.25, 0.3) is 0 Å². The zero-order valence-corrected chi connectivity index (χ0v) is 19.7. The molecule has 0 bridgehead atoms. The zero-order chi connectivity index (χ0) is 23.6. The lowest BCUT2D eigenvalue weighted by molar-refractivity contribution is -0.159. The Bertz CT molecular complexity index is 811. The van der Waals surface area contributed by atoms with Crippen molar-refractivity contribution in [2.45, 2.75) is 90.4 Å². The van der Waals surface area contributed by atoms with Crippen LogP contribution in [0.2, 0.25) is 0 Å². The van der Waals surface area contributed by atoms with E-state index in [1.54, 1.807) is 0 Å². The number of hydrogen-bond donors (Lipinski definition) is 1. The van der Waals surface area contributed by atoms with Crippen LogP contribution in [0.3, 0.4) is 0 Å². The average Bonchev–Trinajstić information content (AvgIpc) is 3.07. The summed E-state index contributed by atoms with van der Waals surface area (Å²) in [4.78, 5) is 27.4. The Hall–Kier alpha value is -1.53. The van der Waals surface area contributed by atoms with E-state index in [-0.39, 0.29) is 28.6 Å². The molecule has 180 valence electrons. The minimum atomic E-state index is -4.50. The molecular weight excluding hydrogens is 417 g/mol. The van der Waals surface area contributed by atoms with Gasteiger partial charge < -0.3 is 10.2 Å². The highest BCUT2D eigenvalue weighted by molar-refractivity contribution is 5.80. The first-order valence-electron chi connectivity index (χ1n) is 12.1. The lowest BCUT2D eigenvalue weighted by atomic mass is 9.47. The predicted octanol–water partition coefficient (Wildman–Crippen LogP) is 5.09. The molecule has 0 aromatic heterocycles. The fourth-order valence-corrected chi connectivity index (χ4v) is 8.23. The number of halogens is 3. The van der Waals surface area contributed by atoms with Crippen molar-refractivity contribution in [1.82, 2.24) is 10.2 Å². The molecule has 4 rings (SSSR count). The van der Waals surface area contributed by atoms with Crippen LogP contribution in [0.5, 0.6) is 0 Å². The number of amides is 2. The molecule has 4 aliphatic rings. The van der Waals surface area contributed by atoms with Gasteiger partial charge in [0.25, 0.3) is 0 Å².